The predicted molar refractivity (Wildman–Crippen MR) is 78.4 cm³/mol. The standard InChI is InChI=1S/C15H14ClN3/c1-9-6-12-11(13-8-19(3)18-10(13)2)4-5-17-15(12)7-14(9)16/h4-8H,1-3H3. The fourth-order valence-corrected chi connectivity index (χ4v) is 2.53. The Morgan fingerprint density at radius 1 is 1.16 bits per heavy atom. The smallest absolute Gasteiger partial charge is 0.0723 e. The molecule has 1 aromatic carbocycles. The fraction of sp³-hybridized carbons (Fsp3) is 0.200. The minimum Gasteiger partial charge on any atom is -0.275 e. The highest BCUT2D eigenvalue weighted by atomic mass is 35.5. The van der Waals surface area contributed by atoms with Crippen molar-refractivity contribution in [2.45, 2.75) is 13.8 Å². The minimum absolute atomic E-state index is 0.750. The van der Waals surface area contributed by atoms with Crippen LogP contribution >= 0.6 is 11.6 Å². The number of nitrogens with zero attached hydrogens (tertiary/aromatic N) is 3. The molecule has 3 rings (SSSR count). The second-order valence-corrected chi connectivity index (χ2v) is 5.19. The summed E-state index contributed by atoms with van der Waals surface area (Å²) < 4.78 is 1.83. The van der Waals surface area contributed by atoms with Crippen molar-refractivity contribution in [2.75, 3.05) is 0 Å². The van der Waals surface area contributed by atoms with Crippen LogP contribution in [-0.4, -0.2) is 14.8 Å². The Kier molecular flexibility index (Phi) is 2.79. The van der Waals surface area contributed by atoms with Gasteiger partial charge < -0.3 is 0 Å². The molecule has 0 aliphatic rings. The van der Waals surface area contributed by atoms with Crippen LogP contribution in [0.3, 0.4) is 0 Å². The molecule has 4 heteroatoms. The predicted octanol–water partition coefficient (Wildman–Crippen LogP) is 3.91. The molecule has 0 amide bonds. The highest BCUT2D eigenvalue weighted by Crippen LogP contribution is 2.32. The second-order valence-electron chi connectivity index (χ2n) is 4.78. The summed E-state index contributed by atoms with van der Waals surface area (Å²) in [4.78, 5) is 4.39. The lowest BCUT2D eigenvalue weighted by molar-refractivity contribution is 0.756. The van der Waals surface area contributed by atoms with Gasteiger partial charge in [-0.05, 0) is 43.2 Å². The van der Waals surface area contributed by atoms with Crippen LogP contribution in [0.4, 0.5) is 0 Å². The van der Waals surface area contributed by atoms with Gasteiger partial charge in [0.15, 0.2) is 0 Å². The Balaban J connectivity index is 2.35. The molecule has 0 unspecified atom stereocenters. The summed E-state index contributed by atoms with van der Waals surface area (Å²) in [5.41, 5.74) is 5.27. The van der Waals surface area contributed by atoms with Gasteiger partial charge in [-0.25, -0.2) is 0 Å². The molecule has 2 aromatic heterocycles. The molecule has 0 saturated carbocycles. The number of hydrogen-bond donors (Lipinski definition) is 0. The molecule has 0 N–H and O–H groups in total. The molecule has 0 aliphatic heterocycles. The van der Waals surface area contributed by atoms with Crippen molar-refractivity contribution in [3.63, 3.8) is 0 Å². The number of fused-ring (bicyclic) bond motifs is 1. The Labute approximate surface area is 116 Å². The third-order valence-corrected chi connectivity index (χ3v) is 3.73. The van der Waals surface area contributed by atoms with Gasteiger partial charge in [-0.3, -0.25) is 9.67 Å². The zero-order chi connectivity index (χ0) is 13.6. The molecule has 0 saturated heterocycles. The number of rotatable bonds is 1. The van der Waals surface area contributed by atoms with Crippen molar-refractivity contribution in [1.29, 1.82) is 0 Å². The van der Waals surface area contributed by atoms with Gasteiger partial charge in [-0.15, -0.1) is 0 Å². The van der Waals surface area contributed by atoms with E-state index >= 15 is 0 Å². The summed E-state index contributed by atoms with van der Waals surface area (Å²) in [6, 6.07) is 6.04. The van der Waals surface area contributed by atoms with E-state index in [9.17, 15) is 0 Å². The van der Waals surface area contributed by atoms with E-state index in [1.165, 1.54) is 0 Å². The van der Waals surface area contributed by atoms with E-state index in [2.05, 4.69) is 16.1 Å². The first-order chi connectivity index (χ1) is 9.06. The average Bonchev–Trinajstić information content (AvgIpc) is 2.69. The largest absolute Gasteiger partial charge is 0.275 e. The van der Waals surface area contributed by atoms with Gasteiger partial charge in [0.25, 0.3) is 0 Å². The van der Waals surface area contributed by atoms with Crippen molar-refractivity contribution >= 4 is 22.5 Å². The maximum absolute atomic E-state index is 6.16. The van der Waals surface area contributed by atoms with Crippen molar-refractivity contribution in [3.05, 3.63) is 46.9 Å². The Morgan fingerprint density at radius 3 is 2.63 bits per heavy atom. The maximum Gasteiger partial charge on any atom is 0.0723 e. The molecule has 3 aromatic rings. The lowest BCUT2D eigenvalue weighted by Gasteiger charge is -2.07. The van der Waals surface area contributed by atoms with Crippen LogP contribution in [0.5, 0.6) is 0 Å². The topological polar surface area (TPSA) is 30.7 Å². The highest BCUT2D eigenvalue weighted by Gasteiger charge is 2.11. The zero-order valence-corrected chi connectivity index (χ0v) is 11.9. The van der Waals surface area contributed by atoms with Crippen LogP contribution in [-0.2, 0) is 7.05 Å². The van der Waals surface area contributed by atoms with Crippen molar-refractivity contribution in [2.24, 2.45) is 7.05 Å². The van der Waals surface area contributed by atoms with Gasteiger partial charge in [-0.1, -0.05) is 11.6 Å². The number of pyridine rings is 1. The van der Waals surface area contributed by atoms with E-state index in [0.717, 1.165) is 38.3 Å². The van der Waals surface area contributed by atoms with Crippen LogP contribution in [0.25, 0.3) is 22.0 Å². The number of aryl methyl sites for hydroxylation is 3. The molecular formula is C15H14ClN3. The molecule has 3 nitrogen and oxygen atoms in total. The van der Waals surface area contributed by atoms with Crippen molar-refractivity contribution in [3.8, 4) is 11.1 Å². The van der Waals surface area contributed by atoms with Crippen LogP contribution in [0.1, 0.15) is 11.3 Å². The number of hydrogen-bond acceptors (Lipinski definition) is 2. The van der Waals surface area contributed by atoms with Crippen molar-refractivity contribution < 1.29 is 0 Å². The SMILES string of the molecule is Cc1cc2c(-c3cn(C)nc3C)ccnc2cc1Cl. The lowest BCUT2D eigenvalue weighted by Crippen LogP contribution is -1.87. The molecule has 19 heavy (non-hydrogen) atoms. The third-order valence-electron chi connectivity index (χ3n) is 3.33. The molecule has 0 fully saturated rings. The summed E-state index contributed by atoms with van der Waals surface area (Å²) in [5.74, 6) is 0. The molecule has 0 bridgehead atoms. The maximum atomic E-state index is 6.16. The second kappa shape index (κ2) is 4.35. The quantitative estimate of drug-likeness (QED) is 0.672. The Hall–Kier alpha value is -1.87. The van der Waals surface area contributed by atoms with E-state index in [0.29, 0.717) is 0 Å². The van der Waals surface area contributed by atoms with E-state index < -0.39 is 0 Å². The first-order valence-corrected chi connectivity index (χ1v) is 6.49. The third kappa shape index (κ3) is 2.00. The van der Waals surface area contributed by atoms with Gasteiger partial charge in [0.2, 0.25) is 0 Å². The molecule has 0 radical (unpaired) electrons. The van der Waals surface area contributed by atoms with E-state index in [-0.39, 0.29) is 0 Å². The summed E-state index contributed by atoms with van der Waals surface area (Å²) in [6.45, 7) is 4.03. The Morgan fingerprint density at radius 2 is 1.95 bits per heavy atom. The van der Waals surface area contributed by atoms with Gasteiger partial charge in [-0.2, -0.15) is 5.10 Å². The zero-order valence-electron chi connectivity index (χ0n) is 11.1. The lowest BCUT2D eigenvalue weighted by atomic mass is 10.0. The number of halogens is 1. The van der Waals surface area contributed by atoms with E-state index in [4.69, 9.17) is 11.6 Å². The van der Waals surface area contributed by atoms with Gasteiger partial charge in [0.1, 0.15) is 0 Å². The fourth-order valence-electron chi connectivity index (χ4n) is 2.37. The molecule has 96 valence electrons. The summed E-state index contributed by atoms with van der Waals surface area (Å²) in [6.07, 6.45) is 3.85. The molecule has 0 atom stereocenters. The van der Waals surface area contributed by atoms with Gasteiger partial charge >= 0.3 is 0 Å². The molecule has 0 spiro atoms. The first-order valence-electron chi connectivity index (χ1n) is 6.12. The van der Waals surface area contributed by atoms with Crippen LogP contribution in [0.15, 0.2) is 30.6 Å². The van der Waals surface area contributed by atoms with Crippen LogP contribution in [0, 0.1) is 13.8 Å². The monoisotopic (exact) mass is 271 g/mol. The van der Waals surface area contributed by atoms with Crippen molar-refractivity contribution in [1.82, 2.24) is 14.8 Å². The molecular weight excluding hydrogens is 258 g/mol. The molecule has 0 aliphatic carbocycles. The number of benzene rings is 1. The van der Waals surface area contributed by atoms with E-state index in [1.54, 1.807) is 0 Å². The number of aromatic nitrogens is 3. The van der Waals surface area contributed by atoms with Crippen LogP contribution in [0.2, 0.25) is 5.02 Å². The normalized spacial score (nSPS) is 11.2. The van der Waals surface area contributed by atoms with E-state index in [1.807, 2.05) is 50.1 Å². The highest BCUT2D eigenvalue weighted by molar-refractivity contribution is 6.32. The van der Waals surface area contributed by atoms with Gasteiger partial charge in [0, 0.05) is 35.4 Å². The first kappa shape index (κ1) is 12.2. The molecule has 2 heterocycles. The Bertz CT molecular complexity index is 774. The summed E-state index contributed by atoms with van der Waals surface area (Å²) in [7, 11) is 1.93. The minimum atomic E-state index is 0.750. The van der Waals surface area contributed by atoms with Gasteiger partial charge in [0.05, 0.1) is 11.2 Å². The summed E-state index contributed by atoms with van der Waals surface area (Å²) in [5, 5.41) is 6.27. The average molecular weight is 272 g/mol. The summed E-state index contributed by atoms with van der Waals surface area (Å²) >= 11 is 6.16. The van der Waals surface area contributed by atoms with Crippen LogP contribution < -0.4 is 0 Å².